The van der Waals surface area contributed by atoms with Crippen LogP contribution in [0.4, 0.5) is 11.4 Å². The Morgan fingerprint density at radius 3 is 2.67 bits per heavy atom. The lowest BCUT2D eigenvalue weighted by molar-refractivity contribution is 0.0526. The Hall–Kier alpha value is -1.71. The van der Waals surface area contributed by atoms with Crippen molar-refractivity contribution in [2.45, 2.75) is 46.5 Å². The molecule has 118 valence electrons. The average Bonchev–Trinajstić information content (AvgIpc) is 2.48. The van der Waals surface area contributed by atoms with E-state index in [9.17, 15) is 4.79 Å². The van der Waals surface area contributed by atoms with E-state index in [0.717, 1.165) is 18.7 Å². The van der Waals surface area contributed by atoms with E-state index in [0.29, 0.717) is 23.8 Å². The van der Waals surface area contributed by atoms with Crippen LogP contribution < -0.4 is 11.1 Å². The lowest BCUT2D eigenvalue weighted by atomic mass is 9.99. The quantitative estimate of drug-likeness (QED) is 0.532. The van der Waals surface area contributed by atoms with Gasteiger partial charge in [0.1, 0.15) is 0 Å². The Morgan fingerprint density at radius 1 is 1.33 bits per heavy atom. The third-order valence-electron chi connectivity index (χ3n) is 3.69. The highest BCUT2D eigenvalue weighted by molar-refractivity contribution is 5.91. The Bertz CT molecular complexity index is 446. The maximum Gasteiger partial charge on any atom is 0.338 e. The molecule has 1 aromatic carbocycles. The number of rotatable bonds is 9. The first-order chi connectivity index (χ1) is 10.1. The summed E-state index contributed by atoms with van der Waals surface area (Å²) in [5, 5.41) is 3.39. The molecule has 1 atom stereocenters. The van der Waals surface area contributed by atoms with Crippen molar-refractivity contribution in [3.63, 3.8) is 0 Å². The van der Waals surface area contributed by atoms with Crippen LogP contribution in [-0.4, -0.2) is 19.1 Å². The second-order valence-electron chi connectivity index (χ2n) is 5.32. The van der Waals surface area contributed by atoms with Crippen molar-refractivity contribution in [2.75, 3.05) is 24.2 Å². The summed E-state index contributed by atoms with van der Waals surface area (Å²) in [6.45, 7) is 7.51. The molecule has 0 aliphatic rings. The summed E-state index contributed by atoms with van der Waals surface area (Å²) in [5.41, 5.74) is 7.99. The molecule has 0 bridgehead atoms. The smallest absolute Gasteiger partial charge is 0.338 e. The summed E-state index contributed by atoms with van der Waals surface area (Å²) in [4.78, 5) is 11.6. The van der Waals surface area contributed by atoms with Gasteiger partial charge in [0, 0.05) is 6.54 Å². The molecule has 0 radical (unpaired) electrons. The van der Waals surface area contributed by atoms with Crippen molar-refractivity contribution in [3.05, 3.63) is 23.8 Å². The van der Waals surface area contributed by atoms with Crippen LogP contribution in [0.1, 0.15) is 56.8 Å². The molecule has 21 heavy (non-hydrogen) atoms. The number of nitrogens with two attached hydrogens (primary N) is 1. The maximum absolute atomic E-state index is 11.6. The largest absolute Gasteiger partial charge is 0.462 e. The summed E-state index contributed by atoms with van der Waals surface area (Å²) in [6, 6.07) is 5.28. The van der Waals surface area contributed by atoms with E-state index in [2.05, 4.69) is 19.2 Å². The number of nitrogen functional groups attached to an aromatic ring is 1. The third kappa shape index (κ3) is 5.66. The number of carbonyl (C=O) groups is 1. The molecule has 3 N–H and O–H groups in total. The first kappa shape index (κ1) is 17.3. The lowest BCUT2D eigenvalue weighted by Gasteiger charge is -2.17. The molecule has 0 aliphatic heterocycles. The van der Waals surface area contributed by atoms with Gasteiger partial charge in [0.2, 0.25) is 0 Å². The molecular weight excluding hydrogens is 264 g/mol. The Morgan fingerprint density at radius 2 is 2.10 bits per heavy atom. The minimum absolute atomic E-state index is 0.329. The minimum Gasteiger partial charge on any atom is -0.462 e. The zero-order valence-corrected chi connectivity index (χ0v) is 13.4. The van der Waals surface area contributed by atoms with Crippen molar-refractivity contribution in [1.29, 1.82) is 0 Å². The first-order valence-corrected chi connectivity index (χ1v) is 7.92. The molecule has 0 amide bonds. The molecule has 0 aromatic heterocycles. The molecule has 0 saturated carbocycles. The normalized spacial score (nSPS) is 12.0. The van der Waals surface area contributed by atoms with Crippen molar-refractivity contribution < 1.29 is 9.53 Å². The summed E-state index contributed by atoms with van der Waals surface area (Å²) in [5.74, 6) is 0.333. The zero-order chi connectivity index (χ0) is 15.7. The molecule has 0 fully saturated rings. The molecule has 4 heteroatoms. The van der Waals surface area contributed by atoms with Gasteiger partial charge in [-0.15, -0.1) is 0 Å². The highest BCUT2D eigenvalue weighted by Crippen LogP contribution is 2.22. The number of ether oxygens (including phenoxy) is 1. The van der Waals surface area contributed by atoms with E-state index in [1.165, 1.54) is 19.3 Å². The van der Waals surface area contributed by atoms with E-state index in [1.807, 2.05) is 6.07 Å². The number of hydrogen-bond acceptors (Lipinski definition) is 4. The fourth-order valence-corrected chi connectivity index (χ4v) is 2.26. The molecule has 4 nitrogen and oxygen atoms in total. The second kappa shape index (κ2) is 9.27. The molecule has 0 aliphatic carbocycles. The summed E-state index contributed by atoms with van der Waals surface area (Å²) in [6.07, 6.45) is 4.89. The van der Waals surface area contributed by atoms with Gasteiger partial charge in [-0.1, -0.05) is 33.1 Å². The minimum atomic E-state index is -0.329. The van der Waals surface area contributed by atoms with E-state index in [4.69, 9.17) is 10.5 Å². The van der Waals surface area contributed by atoms with Crippen molar-refractivity contribution >= 4 is 17.3 Å². The van der Waals surface area contributed by atoms with Crippen molar-refractivity contribution in [2.24, 2.45) is 5.92 Å². The molecule has 0 spiro atoms. The maximum atomic E-state index is 11.6. The molecule has 1 aromatic rings. The van der Waals surface area contributed by atoms with Gasteiger partial charge in [-0.05, 0) is 37.5 Å². The first-order valence-electron chi connectivity index (χ1n) is 7.92. The number of nitrogens with one attached hydrogen (secondary N) is 1. The number of esters is 1. The van der Waals surface area contributed by atoms with Crippen LogP contribution >= 0.6 is 0 Å². The number of hydrogen-bond donors (Lipinski definition) is 2. The van der Waals surface area contributed by atoms with E-state index >= 15 is 0 Å². The SMILES string of the molecule is CCCCC(CC)CNc1ccc(C(=O)OCC)cc1N. The van der Waals surface area contributed by atoms with Crippen LogP contribution in [0.25, 0.3) is 0 Å². The van der Waals surface area contributed by atoms with E-state index in [-0.39, 0.29) is 5.97 Å². The molecule has 1 unspecified atom stereocenters. The fourth-order valence-electron chi connectivity index (χ4n) is 2.26. The second-order valence-corrected chi connectivity index (χ2v) is 5.32. The van der Waals surface area contributed by atoms with Gasteiger partial charge >= 0.3 is 5.97 Å². The van der Waals surface area contributed by atoms with Crippen molar-refractivity contribution in [1.82, 2.24) is 0 Å². The van der Waals surface area contributed by atoms with Gasteiger partial charge < -0.3 is 15.8 Å². The fraction of sp³-hybridized carbons (Fsp3) is 0.588. The number of carbonyl (C=O) groups excluding carboxylic acids is 1. The molecular formula is C17H28N2O2. The van der Waals surface area contributed by atoms with Gasteiger partial charge in [0.25, 0.3) is 0 Å². The average molecular weight is 292 g/mol. The number of benzene rings is 1. The lowest BCUT2D eigenvalue weighted by Crippen LogP contribution is -2.15. The van der Waals surface area contributed by atoms with Crippen LogP contribution in [0.3, 0.4) is 0 Å². The van der Waals surface area contributed by atoms with Crippen molar-refractivity contribution in [3.8, 4) is 0 Å². The van der Waals surface area contributed by atoms with Gasteiger partial charge in [0.15, 0.2) is 0 Å². The summed E-state index contributed by atoms with van der Waals surface area (Å²) in [7, 11) is 0. The highest BCUT2D eigenvalue weighted by atomic mass is 16.5. The van der Waals surface area contributed by atoms with Crippen LogP contribution in [0.2, 0.25) is 0 Å². The van der Waals surface area contributed by atoms with Crippen LogP contribution in [-0.2, 0) is 4.74 Å². The number of anilines is 2. The molecule has 0 heterocycles. The molecule has 1 rings (SSSR count). The predicted molar refractivity (Wildman–Crippen MR) is 88.6 cm³/mol. The zero-order valence-electron chi connectivity index (χ0n) is 13.4. The standard InChI is InChI=1S/C17H28N2O2/c1-4-7-8-13(5-2)12-19-16-10-9-14(11-15(16)18)17(20)21-6-3/h9-11,13,19H,4-8,12,18H2,1-3H3. The van der Waals surface area contributed by atoms with Gasteiger partial charge in [-0.2, -0.15) is 0 Å². The Kier molecular flexibility index (Phi) is 7.65. The molecule has 0 saturated heterocycles. The number of unbranched alkanes of at least 4 members (excludes halogenated alkanes) is 1. The Labute approximate surface area is 128 Å². The van der Waals surface area contributed by atoms with Crippen LogP contribution in [0, 0.1) is 5.92 Å². The van der Waals surface area contributed by atoms with Crippen LogP contribution in [0.5, 0.6) is 0 Å². The van der Waals surface area contributed by atoms with Gasteiger partial charge in [-0.25, -0.2) is 4.79 Å². The third-order valence-corrected chi connectivity index (χ3v) is 3.69. The topological polar surface area (TPSA) is 64.3 Å². The van der Waals surface area contributed by atoms with Crippen LogP contribution in [0.15, 0.2) is 18.2 Å². The van der Waals surface area contributed by atoms with E-state index in [1.54, 1.807) is 19.1 Å². The van der Waals surface area contributed by atoms with Gasteiger partial charge in [0.05, 0.1) is 23.5 Å². The summed E-state index contributed by atoms with van der Waals surface area (Å²) < 4.78 is 4.97. The van der Waals surface area contributed by atoms with E-state index < -0.39 is 0 Å². The van der Waals surface area contributed by atoms with Gasteiger partial charge in [-0.3, -0.25) is 0 Å². The highest BCUT2D eigenvalue weighted by Gasteiger charge is 2.10. The monoisotopic (exact) mass is 292 g/mol. The summed E-state index contributed by atoms with van der Waals surface area (Å²) >= 11 is 0. The Balaban J connectivity index is 2.61. The predicted octanol–water partition coefficient (Wildman–Crippen LogP) is 4.07.